The maximum atomic E-state index is 11.7. The third kappa shape index (κ3) is 6.79. The molecule has 138 valence electrons. The second-order valence-electron chi connectivity index (χ2n) is 5.81. The van der Waals surface area contributed by atoms with Gasteiger partial charge < -0.3 is 35.4 Å². The minimum Gasteiger partial charge on any atom is -0.480 e. The van der Waals surface area contributed by atoms with Gasteiger partial charge >= 0.3 is 5.97 Å². The van der Waals surface area contributed by atoms with Crippen molar-refractivity contribution in [1.29, 1.82) is 0 Å². The molecule has 0 spiro atoms. The van der Waals surface area contributed by atoms with Gasteiger partial charge in [0.1, 0.15) is 31.5 Å². The normalized spacial score (nSPS) is 26.4. The van der Waals surface area contributed by atoms with Crippen molar-refractivity contribution in [2.45, 2.75) is 50.7 Å². The van der Waals surface area contributed by atoms with Crippen molar-refractivity contribution in [2.24, 2.45) is 0 Å². The van der Waals surface area contributed by atoms with Crippen LogP contribution in [0.5, 0.6) is 0 Å². The first-order chi connectivity index (χ1) is 11.2. The molecule has 24 heavy (non-hydrogen) atoms. The van der Waals surface area contributed by atoms with E-state index in [9.17, 15) is 24.6 Å². The molecule has 1 heterocycles. The average molecular weight is 348 g/mol. The summed E-state index contributed by atoms with van der Waals surface area (Å²) < 4.78 is 10.0. The molecule has 0 aromatic heterocycles. The third-order valence-electron chi connectivity index (χ3n) is 3.26. The largest absolute Gasteiger partial charge is 0.480 e. The fourth-order valence-corrected chi connectivity index (χ4v) is 2.22. The fourth-order valence-electron chi connectivity index (χ4n) is 2.22. The van der Waals surface area contributed by atoms with Gasteiger partial charge in [-0.25, -0.2) is 4.79 Å². The van der Waals surface area contributed by atoms with Gasteiger partial charge in [0.25, 0.3) is 0 Å². The van der Waals surface area contributed by atoms with E-state index in [1.165, 1.54) is 0 Å². The van der Waals surface area contributed by atoms with Crippen molar-refractivity contribution < 1.29 is 39.2 Å². The molecule has 0 aromatic rings. The van der Waals surface area contributed by atoms with Gasteiger partial charge in [-0.15, -0.1) is 0 Å². The van der Waals surface area contributed by atoms with Crippen LogP contribution in [0.2, 0.25) is 0 Å². The first kappa shape index (κ1) is 20.3. The number of nitrogens with one attached hydrogen (secondary N) is 2. The Labute approximate surface area is 139 Å². The van der Waals surface area contributed by atoms with E-state index in [2.05, 4.69) is 15.4 Å². The van der Waals surface area contributed by atoms with Gasteiger partial charge in [-0.05, 0) is 13.8 Å². The van der Waals surface area contributed by atoms with E-state index in [4.69, 9.17) is 9.84 Å². The lowest BCUT2D eigenvalue weighted by Gasteiger charge is -2.15. The van der Waals surface area contributed by atoms with Crippen LogP contribution in [0.25, 0.3) is 0 Å². The molecule has 10 heteroatoms. The van der Waals surface area contributed by atoms with E-state index < -0.39 is 49.5 Å². The van der Waals surface area contributed by atoms with Crippen molar-refractivity contribution in [3.05, 3.63) is 0 Å². The molecule has 10 nitrogen and oxygen atoms in total. The number of carboxylic acids is 1. The van der Waals surface area contributed by atoms with Gasteiger partial charge in [0.2, 0.25) is 11.8 Å². The Hall–Kier alpha value is -1.75. The Morgan fingerprint density at radius 3 is 2.29 bits per heavy atom. The van der Waals surface area contributed by atoms with Gasteiger partial charge in [-0.2, -0.15) is 0 Å². The molecule has 1 rings (SSSR count). The SMILES string of the molecule is CC(C)NC(=O)C[C@@H]1O[C@H](CNC(=O)COCC(=O)O)[C@@H](O)[C@@H]1O. The highest BCUT2D eigenvalue weighted by Crippen LogP contribution is 2.23. The molecular formula is C14H24N2O8. The highest BCUT2D eigenvalue weighted by molar-refractivity contribution is 5.78. The van der Waals surface area contributed by atoms with Crippen molar-refractivity contribution >= 4 is 17.8 Å². The van der Waals surface area contributed by atoms with E-state index in [-0.39, 0.29) is 24.9 Å². The van der Waals surface area contributed by atoms with Gasteiger partial charge in [-0.1, -0.05) is 0 Å². The quantitative estimate of drug-likeness (QED) is 0.309. The summed E-state index contributed by atoms with van der Waals surface area (Å²) >= 11 is 0. The number of ether oxygens (including phenoxy) is 2. The zero-order valence-electron chi connectivity index (χ0n) is 13.6. The van der Waals surface area contributed by atoms with Crippen LogP contribution < -0.4 is 10.6 Å². The summed E-state index contributed by atoms with van der Waals surface area (Å²) in [5, 5.41) is 33.3. The van der Waals surface area contributed by atoms with Crippen molar-refractivity contribution in [2.75, 3.05) is 19.8 Å². The highest BCUT2D eigenvalue weighted by atomic mass is 16.5. The summed E-state index contributed by atoms with van der Waals surface area (Å²) in [4.78, 5) is 33.4. The number of aliphatic carboxylic acids is 1. The first-order valence-corrected chi connectivity index (χ1v) is 7.58. The van der Waals surface area contributed by atoms with Crippen LogP contribution in [0, 0.1) is 0 Å². The maximum Gasteiger partial charge on any atom is 0.329 e. The van der Waals surface area contributed by atoms with Gasteiger partial charge in [-0.3, -0.25) is 9.59 Å². The van der Waals surface area contributed by atoms with Crippen LogP contribution in [-0.4, -0.2) is 83.3 Å². The molecule has 0 aliphatic carbocycles. The number of carboxylic acid groups (broad SMARTS) is 1. The Morgan fingerprint density at radius 2 is 1.71 bits per heavy atom. The zero-order valence-corrected chi connectivity index (χ0v) is 13.6. The molecule has 5 N–H and O–H groups in total. The molecule has 2 amide bonds. The standard InChI is InChI=1S/C14H24N2O8/c1-7(2)16-10(17)3-8-13(21)14(22)9(24-8)4-15-11(18)5-23-6-12(19)20/h7-9,13-14,21-22H,3-6H2,1-2H3,(H,15,18)(H,16,17)(H,19,20)/t8-,9+,13+,14+/m0/s1. The molecule has 0 saturated carbocycles. The number of carbonyl (C=O) groups is 3. The summed E-state index contributed by atoms with van der Waals surface area (Å²) in [7, 11) is 0. The monoisotopic (exact) mass is 348 g/mol. The smallest absolute Gasteiger partial charge is 0.329 e. The zero-order chi connectivity index (χ0) is 18.3. The van der Waals surface area contributed by atoms with Crippen LogP contribution in [0.15, 0.2) is 0 Å². The van der Waals surface area contributed by atoms with Crippen LogP contribution in [0.4, 0.5) is 0 Å². The third-order valence-corrected chi connectivity index (χ3v) is 3.26. The Balaban J connectivity index is 2.37. The predicted molar refractivity (Wildman–Crippen MR) is 80.0 cm³/mol. The summed E-state index contributed by atoms with van der Waals surface area (Å²) in [5.41, 5.74) is 0. The van der Waals surface area contributed by atoms with Crippen molar-refractivity contribution in [3.8, 4) is 0 Å². The number of aliphatic hydroxyl groups excluding tert-OH is 2. The molecule has 4 atom stereocenters. The highest BCUT2D eigenvalue weighted by Gasteiger charge is 2.43. The van der Waals surface area contributed by atoms with E-state index in [0.29, 0.717) is 0 Å². The molecule has 0 aromatic carbocycles. The van der Waals surface area contributed by atoms with E-state index >= 15 is 0 Å². The molecule has 1 fully saturated rings. The summed E-state index contributed by atoms with van der Waals surface area (Å²) in [6, 6.07) is -0.0538. The number of carbonyl (C=O) groups excluding carboxylic acids is 2. The van der Waals surface area contributed by atoms with Crippen LogP contribution in [0.1, 0.15) is 20.3 Å². The fraction of sp³-hybridized carbons (Fsp3) is 0.786. The topological polar surface area (TPSA) is 154 Å². The lowest BCUT2D eigenvalue weighted by atomic mass is 10.1. The van der Waals surface area contributed by atoms with Crippen molar-refractivity contribution in [1.82, 2.24) is 10.6 Å². The first-order valence-electron chi connectivity index (χ1n) is 7.58. The minimum atomic E-state index is -1.25. The molecule has 0 radical (unpaired) electrons. The number of hydrogen-bond donors (Lipinski definition) is 5. The Morgan fingerprint density at radius 1 is 1.08 bits per heavy atom. The van der Waals surface area contributed by atoms with E-state index in [0.717, 1.165) is 0 Å². The Kier molecular flexibility index (Phi) is 8.05. The van der Waals surface area contributed by atoms with Crippen molar-refractivity contribution in [3.63, 3.8) is 0 Å². The molecular weight excluding hydrogens is 324 g/mol. The minimum absolute atomic E-state index is 0.0538. The van der Waals surface area contributed by atoms with Gasteiger partial charge in [0.15, 0.2) is 0 Å². The Bertz CT molecular complexity index is 456. The van der Waals surface area contributed by atoms with E-state index in [1.54, 1.807) is 13.8 Å². The summed E-state index contributed by atoms with van der Waals surface area (Å²) in [6.07, 6.45) is -4.35. The number of rotatable bonds is 9. The van der Waals surface area contributed by atoms with Gasteiger partial charge in [0, 0.05) is 12.6 Å². The average Bonchev–Trinajstić information content (AvgIpc) is 2.72. The molecule has 1 aliphatic heterocycles. The summed E-state index contributed by atoms with van der Waals surface area (Å²) in [6.45, 7) is 2.45. The van der Waals surface area contributed by atoms with Crippen LogP contribution >= 0.6 is 0 Å². The molecule has 0 unspecified atom stereocenters. The lowest BCUT2D eigenvalue weighted by molar-refractivity contribution is -0.143. The molecule has 1 aliphatic rings. The number of aliphatic hydroxyl groups is 2. The molecule has 0 bridgehead atoms. The molecule has 1 saturated heterocycles. The lowest BCUT2D eigenvalue weighted by Crippen LogP contribution is -2.41. The maximum absolute atomic E-state index is 11.7. The van der Waals surface area contributed by atoms with Gasteiger partial charge in [0.05, 0.1) is 12.5 Å². The van der Waals surface area contributed by atoms with Crippen LogP contribution in [-0.2, 0) is 23.9 Å². The van der Waals surface area contributed by atoms with Crippen LogP contribution in [0.3, 0.4) is 0 Å². The summed E-state index contributed by atoms with van der Waals surface area (Å²) in [5.74, 6) is -2.08. The second kappa shape index (κ2) is 9.52. The van der Waals surface area contributed by atoms with E-state index in [1.807, 2.05) is 0 Å². The predicted octanol–water partition coefficient (Wildman–Crippen LogP) is -2.39. The number of hydrogen-bond acceptors (Lipinski definition) is 7. The number of amides is 2. The second-order valence-corrected chi connectivity index (χ2v) is 5.81.